The van der Waals surface area contributed by atoms with Crippen LogP contribution in [0, 0.1) is 6.92 Å². The SMILES string of the molecule is COC1CCC(NCc2csc(C)n2)CC1. The molecule has 0 radical (unpaired) electrons. The van der Waals surface area contributed by atoms with Crippen molar-refractivity contribution in [1.29, 1.82) is 0 Å². The van der Waals surface area contributed by atoms with Gasteiger partial charge in [0.05, 0.1) is 16.8 Å². The first-order valence-corrected chi connectivity index (χ1v) is 6.83. The Morgan fingerprint density at radius 3 is 2.75 bits per heavy atom. The van der Waals surface area contributed by atoms with Crippen LogP contribution in [0.15, 0.2) is 5.38 Å². The number of nitrogens with one attached hydrogen (secondary N) is 1. The highest BCUT2D eigenvalue weighted by atomic mass is 32.1. The van der Waals surface area contributed by atoms with Gasteiger partial charge in [0.2, 0.25) is 0 Å². The van der Waals surface area contributed by atoms with Crippen LogP contribution in [0.25, 0.3) is 0 Å². The third-order valence-electron chi connectivity index (χ3n) is 3.25. The van der Waals surface area contributed by atoms with Crippen molar-refractivity contribution in [3.8, 4) is 0 Å². The zero-order valence-corrected chi connectivity index (χ0v) is 10.8. The molecule has 90 valence electrons. The molecule has 4 heteroatoms. The summed E-state index contributed by atoms with van der Waals surface area (Å²) in [5.74, 6) is 0. The monoisotopic (exact) mass is 240 g/mol. The van der Waals surface area contributed by atoms with Gasteiger partial charge in [0, 0.05) is 25.1 Å². The minimum absolute atomic E-state index is 0.486. The highest BCUT2D eigenvalue weighted by Crippen LogP contribution is 2.21. The maximum Gasteiger partial charge on any atom is 0.0897 e. The van der Waals surface area contributed by atoms with Gasteiger partial charge in [0.15, 0.2) is 0 Å². The maximum absolute atomic E-state index is 5.37. The molecule has 3 nitrogen and oxygen atoms in total. The number of thiazole rings is 1. The van der Waals surface area contributed by atoms with Crippen LogP contribution in [0.4, 0.5) is 0 Å². The lowest BCUT2D eigenvalue weighted by Crippen LogP contribution is -2.34. The lowest BCUT2D eigenvalue weighted by Gasteiger charge is -2.28. The van der Waals surface area contributed by atoms with Crippen LogP contribution >= 0.6 is 11.3 Å². The smallest absolute Gasteiger partial charge is 0.0897 e. The second-order valence-electron chi connectivity index (χ2n) is 4.45. The standard InChI is InChI=1S/C12H20N2OS/c1-9-14-11(8-16-9)7-13-10-3-5-12(15-2)6-4-10/h8,10,12-13H,3-7H2,1-2H3. The first-order chi connectivity index (χ1) is 7.78. The van der Waals surface area contributed by atoms with Crippen molar-refractivity contribution in [2.75, 3.05) is 7.11 Å². The van der Waals surface area contributed by atoms with Gasteiger partial charge in [-0.3, -0.25) is 0 Å². The van der Waals surface area contributed by atoms with Crippen molar-refractivity contribution in [2.45, 2.75) is 51.3 Å². The molecule has 16 heavy (non-hydrogen) atoms. The third-order valence-corrected chi connectivity index (χ3v) is 4.07. The molecule has 2 rings (SSSR count). The van der Waals surface area contributed by atoms with E-state index in [2.05, 4.69) is 22.6 Å². The topological polar surface area (TPSA) is 34.1 Å². The lowest BCUT2D eigenvalue weighted by molar-refractivity contribution is 0.0623. The maximum atomic E-state index is 5.37. The van der Waals surface area contributed by atoms with E-state index in [1.165, 1.54) is 31.4 Å². The van der Waals surface area contributed by atoms with Gasteiger partial charge in [-0.05, 0) is 32.6 Å². The molecular weight excluding hydrogens is 220 g/mol. The van der Waals surface area contributed by atoms with Crippen LogP contribution in [0.2, 0.25) is 0 Å². The quantitative estimate of drug-likeness (QED) is 0.878. The van der Waals surface area contributed by atoms with E-state index in [0.29, 0.717) is 12.1 Å². The first-order valence-electron chi connectivity index (χ1n) is 5.95. The summed E-state index contributed by atoms with van der Waals surface area (Å²) in [6.45, 7) is 2.96. The van der Waals surface area contributed by atoms with Crippen molar-refractivity contribution in [2.24, 2.45) is 0 Å². The van der Waals surface area contributed by atoms with Crippen molar-refractivity contribution >= 4 is 11.3 Å². The number of ether oxygens (including phenoxy) is 1. The summed E-state index contributed by atoms with van der Waals surface area (Å²) in [5.41, 5.74) is 1.18. The second kappa shape index (κ2) is 5.75. The second-order valence-corrected chi connectivity index (χ2v) is 5.51. The third kappa shape index (κ3) is 3.27. The molecule has 0 saturated heterocycles. The minimum atomic E-state index is 0.486. The van der Waals surface area contributed by atoms with Crippen LogP contribution in [0.3, 0.4) is 0 Å². The van der Waals surface area contributed by atoms with Crippen LogP contribution in [0.1, 0.15) is 36.4 Å². The van der Waals surface area contributed by atoms with Gasteiger partial charge in [-0.1, -0.05) is 0 Å². The van der Waals surface area contributed by atoms with Crippen LogP contribution in [-0.4, -0.2) is 24.2 Å². The van der Waals surface area contributed by atoms with E-state index in [1.807, 2.05) is 7.11 Å². The van der Waals surface area contributed by atoms with Crippen LogP contribution in [-0.2, 0) is 11.3 Å². The Kier molecular flexibility index (Phi) is 4.32. The van der Waals surface area contributed by atoms with E-state index >= 15 is 0 Å². The molecule has 0 amide bonds. The number of methoxy groups -OCH3 is 1. The van der Waals surface area contributed by atoms with E-state index in [0.717, 1.165) is 11.6 Å². The summed E-state index contributed by atoms with van der Waals surface area (Å²) in [4.78, 5) is 4.46. The molecule has 0 spiro atoms. The van der Waals surface area contributed by atoms with E-state index in [-0.39, 0.29) is 0 Å². The molecule has 1 heterocycles. The molecule has 1 aromatic rings. The lowest BCUT2D eigenvalue weighted by atomic mass is 9.93. The van der Waals surface area contributed by atoms with Crippen molar-refractivity contribution in [1.82, 2.24) is 10.3 Å². The van der Waals surface area contributed by atoms with E-state index in [1.54, 1.807) is 11.3 Å². The molecule has 0 atom stereocenters. The van der Waals surface area contributed by atoms with E-state index in [4.69, 9.17) is 4.74 Å². The number of nitrogens with zero attached hydrogens (tertiary/aromatic N) is 1. The molecule has 0 aromatic carbocycles. The van der Waals surface area contributed by atoms with Gasteiger partial charge in [0.1, 0.15) is 0 Å². The minimum Gasteiger partial charge on any atom is -0.381 e. The molecule has 0 unspecified atom stereocenters. The zero-order chi connectivity index (χ0) is 11.4. The molecule has 0 aliphatic heterocycles. The predicted octanol–water partition coefficient (Wildman–Crippen LogP) is 2.50. The van der Waals surface area contributed by atoms with Crippen molar-refractivity contribution < 1.29 is 4.74 Å². The molecule has 1 fully saturated rings. The summed E-state index contributed by atoms with van der Waals surface area (Å²) < 4.78 is 5.37. The summed E-state index contributed by atoms with van der Waals surface area (Å²) >= 11 is 1.72. The van der Waals surface area contributed by atoms with Gasteiger partial charge < -0.3 is 10.1 Å². The fourth-order valence-electron chi connectivity index (χ4n) is 2.24. The Labute approximate surface area is 101 Å². The fourth-order valence-corrected chi connectivity index (χ4v) is 2.85. The number of aryl methyl sites for hydroxylation is 1. The summed E-state index contributed by atoms with van der Waals surface area (Å²) in [7, 11) is 1.82. The summed E-state index contributed by atoms with van der Waals surface area (Å²) in [5, 5.41) is 6.88. The van der Waals surface area contributed by atoms with Crippen molar-refractivity contribution in [3.63, 3.8) is 0 Å². The molecule has 1 aromatic heterocycles. The van der Waals surface area contributed by atoms with Gasteiger partial charge in [0.25, 0.3) is 0 Å². The molecule has 1 aliphatic rings. The van der Waals surface area contributed by atoms with Gasteiger partial charge in [-0.15, -0.1) is 11.3 Å². The van der Waals surface area contributed by atoms with Gasteiger partial charge in [-0.2, -0.15) is 0 Å². The molecule has 1 N–H and O–H groups in total. The van der Waals surface area contributed by atoms with Gasteiger partial charge >= 0.3 is 0 Å². The van der Waals surface area contributed by atoms with Crippen LogP contribution in [0.5, 0.6) is 0 Å². The highest BCUT2D eigenvalue weighted by Gasteiger charge is 2.20. The number of aromatic nitrogens is 1. The number of hydrogen-bond donors (Lipinski definition) is 1. The van der Waals surface area contributed by atoms with Crippen LogP contribution < -0.4 is 5.32 Å². The Morgan fingerprint density at radius 1 is 1.44 bits per heavy atom. The number of rotatable bonds is 4. The Balaban J connectivity index is 1.71. The fraction of sp³-hybridized carbons (Fsp3) is 0.750. The Hall–Kier alpha value is -0.450. The highest BCUT2D eigenvalue weighted by molar-refractivity contribution is 7.09. The first kappa shape index (κ1) is 12.0. The Morgan fingerprint density at radius 2 is 2.19 bits per heavy atom. The summed E-state index contributed by atoms with van der Waals surface area (Å²) in [6.07, 6.45) is 5.30. The van der Waals surface area contributed by atoms with Gasteiger partial charge in [-0.25, -0.2) is 4.98 Å². The molecule has 1 aliphatic carbocycles. The Bertz CT molecular complexity index is 319. The van der Waals surface area contributed by atoms with E-state index < -0.39 is 0 Å². The van der Waals surface area contributed by atoms with Crippen molar-refractivity contribution in [3.05, 3.63) is 16.1 Å². The average molecular weight is 240 g/mol. The number of hydrogen-bond acceptors (Lipinski definition) is 4. The average Bonchev–Trinajstić information content (AvgIpc) is 2.73. The van der Waals surface area contributed by atoms with E-state index in [9.17, 15) is 0 Å². The zero-order valence-electron chi connectivity index (χ0n) is 10.0. The molecule has 1 saturated carbocycles. The largest absolute Gasteiger partial charge is 0.381 e. The molecular formula is C12H20N2OS. The summed E-state index contributed by atoms with van der Waals surface area (Å²) in [6, 6.07) is 0.647. The predicted molar refractivity (Wildman–Crippen MR) is 66.7 cm³/mol. The normalized spacial score (nSPS) is 25.9. The molecule has 0 bridgehead atoms.